The number of aromatic nitrogens is 4. The highest BCUT2D eigenvalue weighted by Gasteiger charge is 2.16. The van der Waals surface area contributed by atoms with Gasteiger partial charge in [0.25, 0.3) is 0 Å². The number of ether oxygens (including phenoxy) is 2. The van der Waals surface area contributed by atoms with Crippen LogP contribution in [0.25, 0.3) is 21.8 Å². The minimum atomic E-state index is 0.248. The van der Waals surface area contributed by atoms with E-state index in [1.807, 2.05) is 17.5 Å². The van der Waals surface area contributed by atoms with Crippen molar-refractivity contribution in [2.75, 3.05) is 14.2 Å². The Labute approximate surface area is 173 Å². The molecule has 0 saturated heterocycles. The van der Waals surface area contributed by atoms with Gasteiger partial charge in [-0.1, -0.05) is 36.4 Å². The topological polar surface area (TPSA) is 70.0 Å². The summed E-state index contributed by atoms with van der Waals surface area (Å²) in [6.45, 7) is 0. The Hall–Kier alpha value is -3.32. The van der Waals surface area contributed by atoms with E-state index in [0.717, 1.165) is 29.0 Å². The van der Waals surface area contributed by atoms with Gasteiger partial charge in [-0.15, -0.1) is 21.5 Å². The zero-order chi connectivity index (χ0) is 20.1. The first kappa shape index (κ1) is 19.0. The number of methoxy groups -OCH3 is 2. The molecule has 0 fully saturated rings. The monoisotopic (exact) mass is 404 g/mol. The Morgan fingerprint density at radius 3 is 2.52 bits per heavy atom. The van der Waals surface area contributed by atoms with Gasteiger partial charge in [-0.3, -0.25) is 0 Å². The molecule has 0 amide bonds. The number of rotatable bonds is 7. The lowest BCUT2D eigenvalue weighted by atomic mass is 10.0. The summed E-state index contributed by atoms with van der Waals surface area (Å²) in [4.78, 5) is 9.56. The Morgan fingerprint density at radius 2 is 1.79 bits per heavy atom. The van der Waals surface area contributed by atoms with Crippen LogP contribution in [0.5, 0.6) is 11.9 Å². The molecule has 146 valence electrons. The van der Waals surface area contributed by atoms with Gasteiger partial charge in [-0.25, -0.2) is 4.98 Å². The summed E-state index contributed by atoms with van der Waals surface area (Å²) in [6, 6.07) is 16.8. The third kappa shape index (κ3) is 4.25. The van der Waals surface area contributed by atoms with Crippen LogP contribution >= 0.6 is 11.3 Å². The quantitative estimate of drug-likeness (QED) is 0.453. The maximum atomic E-state index is 5.42. The fourth-order valence-corrected chi connectivity index (χ4v) is 3.82. The molecule has 0 radical (unpaired) electrons. The summed E-state index contributed by atoms with van der Waals surface area (Å²) in [7, 11) is 3.08. The Bertz CT molecular complexity index is 1090. The summed E-state index contributed by atoms with van der Waals surface area (Å²) < 4.78 is 10.5. The predicted molar refractivity (Wildman–Crippen MR) is 113 cm³/mol. The number of benzene rings is 1. The first-order valence-electron chi connectivity index (χ1n) is 9.18. The largest absolute Gasteiger partial charge is 0.480 e. The maximum absolute atomic E-state index is 5.42. The molecule has 3 heterocycles. The van der Waals surface area contributed by atoms with E-state index in [-0.39, 0.29) is 6.01 Å². The highest BCUT2D eigenvalue weighted by Crippen LogP contribution is 2.32. The number of aryl methyl sites for hydroxylation is 2. The summed E-state index contributed by atoms with van der Waals surface area (Å²) in [5, 5.41) is 11.0. The number of nitrogens with zero attached hydrogens (tertiary/aromatic N) is 4. The molecule has 0 aliphatic heterocycles. The number of hydrogen-bond acceptors (Lipinski definition) is 7. The van der Waals surface area contributed by atoms with Crippen molar-refractivity contribution in [3.63, 3.8) is 0 Å². The third-order valence-electron chi connectivity index (χ3n) is 4.54. The molecule has 0 aliphatic rings. The molecule has 0 bridgehead atoms. The van der Waals surface area contributed by atoms with Gasteiger partial charge in [0.05, 0.1) is 24.7 Å². The molecule has 0 spiro atoms. The highest BCUT2D eigenvalue weighted by molar-refractivity contribution is 7.13. The summed E-state index contributed by atoms with van der Waals surface area (Å²) in [5.41, 5.74) is 4.67. The molecule has 4 aromatic rings. The van der Waals surface area contributed by atoms with Crippen LogP contribution in [0.2, 0.25) is 0 Å². The molecule has 0 N–H and O–H groups in total. The van der Waals surface area contributed by atoms with Crippen molar-refractivity contribution in [2.24, 2.45) is 0 Å². The van der Waals surface area contributed by atoms with E-state index in [1.54, 1.807) is 24.6 Å². The fraction of sp³-hybridized carbons (Fsp3) is 0.182. The molecule has 0 saturated carbocycles. The van der Waals surface area contributed by atoms with E-state index < -0.39 is 0 Å². The van der Waals surface area contributed by atoms with E-state index >= 15 is 0 Å². The Balaban J connectivity index is 1.73. The van der Waals surface area contributed by atoms with Gasteiger partial charge in [-0.05, 0) is 41.5 Å². The second kappa shape index (κ2) is 8.79. The SMILES string of the molecule is COc1ncc(-c2cc(CCc3ccccc3)c(-c3cccs3)nn2)c(OC)n1. The summed E-state index contributed by atoms with van der Waals surface area (Å²) in [6.07, 6.45) is 3.42. The van der Waals surface area contributed by atoms with Crippen LogP contribution in [-0.4, -0.2) is 34.4 Å². The van der Waals surface area contributed by atoms with Gasteiger partial charge in [0.15, 0.2) is 0 Å². The lowest BCUT2D eigenvalue weighted by molar-refractivity contribution is 0.353. The van der Waals surface area contributed by atoms with Crippen LogP contribution in [-0.2, 0) is 12.8 Å². The van der Waals surface area contributed by atoms with Crippen LogP contribution in [0.3, 0.4) is 0 Å². The van der Waals surface area contributed by atoms with E-state index in [1.165, 1.54) is 12.7 Å². The molecular weight excluding hydrogens is 384 g/mol. The van der Waals surface area contributed by atoms with E-state index in [4.69, 9.17) is 9.47 Å². The van der Waals surface area contributed by atoms with E-state index in [2.05, 4.69) is 56.6 Å². The lowest BCUT2D eigenvalue weighted by Crippen LogP contribution is -2.02. The van der Waals surface area contributed by atoms with Crippen molar-refractivity contribution in [1.29, 1.82) is 0 Å². The van der Waals surface area contributed by atoms with Crippen molar-refractivity contribution in [3.8, 4) is 33.7 Å². The molecule has 1 aromatic carbocycles. The predicted octanol–water partition coefficient (Wildman–Crippen LogP) is 4.46. The van der Waals surface area contributed by atoms with Crippen LogP contribution in [0.4, 0.5) is 0 Å². The molecule has 4 rings (SSSR count). The zero-order valence-electron chi connectivity index (χ0n) is 16.2. The number of hydrogen-bond donors (Lipinski definition) is 0. The molecule has 29 heavy (non-hydrogen) atoms. The molecule has 3 aromatic heterocycles. The van der Waals surface area contributed by atoms with E-state index in [0.29, 0.717) is 17.1 Å². The zero-order valence-corrected chi connectivity index (χ0v) is 17.0. The van der Waals surface area contributed by atoms with Crippen molar-refractivity contribution in [2.45, 2.75) is 12.8 Å². The second-order valence-electron chi connectivity index (χ2n) is 6.35. The van der Waals surface area contributed by atoms with Crippen LogP contribution in [0.1, 0.15) is 11.1 Å². The standard InChI is InChI=1S/C22H20N4O2S/c1-27-21-17(14-23-22(24-21)28-2)18-13-16(11-10-15-7-4-3-5-8-15)20(26-25-18)19-9-6-12-29-19/h3-9,12-14H,10-11H2,1-2H3. The number of thiophene rings is 1. The molecule has 6 nitrogen and oxygen atoms in total. The van der Waals surface area contributed by atoms with E-state index in [9.17, 15) is 0 Å². The normalized spacial score (nSPS) is 10.7. The fourth-order valence-electron chi connectivity index (χ4n) is 3.08. The van der Waals surface area contributed by atoms with Gasteiger partial charge in [0.1, 0.15) is 11.4 Å². The average molecular weight is 404 g/mol. The minimum Gasteiger partial charge on any atom is -0.480 e. The average Bonchev–Trinajstić information content (AvgIpc) is 3.32. The van der Waals surface area contributed by atoms with Gasteiger partial charge < -0.3 is 9.47 Å². The molecule has 7 heteroatoms. The van der Waals surface area contributed by atoms with Crippen molar-refractivity contribution < 1.29 is 9.47 Å². The van der Waals surface area contributed by atoms with Crippen molar-refractivity contribution >= 4 is 11.3 Å². The molecule has 0 atom stereocenters. The first-order chi connectivity index (χ1) is 14.3. The van der Waals surface area contributed by atoms with Crippen LogP contribution < -0.4 is 9.47 Å². The second-order valence-corrected chi connectivity index (χ2v) is 7.29. The smallest absolute Gasteiger partial charge is 0.319 e. The Morgan fingerprint density at radius 1 is 0.931 bits per heavy atom. The van der Waals surface area contributed by atoms with Gasteiger partial charge in [0.2, 0.25) is 5.88 Å². The van der Waals surface area contributed by atoms with Crippen LogP contribution in [0, 0.1) is 0 Å². The molecular formula is C22H20N4O2S. The molecule has 0 aliphatic carbocycles. The highest BCUT2D eigenvalue weighted by atomic mass is 32.1. The Kier molecular flexibility index (Phi) is 5.76. The van der Waals surface area contributed by atoms with Crippen LogP contribution in [0.15, 0.2) is 60.1 Å². The lowest BCUT2D eigenvalue weighted by Gasteiger charge is -2.11. The summed E-state index contributed by atoms with van der Waals surface area (Å²) in [5.74, 6) is 0.407. The van der Waals surface area contributed by atoms with Crippen molar-refractivity contribution in [1.82, 2.24) is 20.2 Å². The molecule has 0 unspecified atom stereocenters. The summed E-state index contributed by atoms with van der Waals surface area (Å²) >= 11 is 1.66. The van der Waals surface area contributed by atoms with Crippen molar-refractivity contribution in [3.05, 3.63) is 71.2 Å². The first-order valence-corrected chi connectivity index (χ1v) is 10.1. The minimum absolute atomic E-state index is 0.248. The van der Waals surface area contributed by atoms with Gasteiger partial charge >= 0.3 is 6.01 Å². The van der Waals surface area contributed by atoms with Gasteiger partial charge in [-0.2, -0.15) is 4.98 Å². The van der Waals surface area contributed by atoms with Gasteiger partial charge in [0, 0.05) is 6.20 Å². The third-order valence-corrected chi connectivity index (χ3v) is 5.41. The maximum Gasteiger partial charge on any atom is 0.319 e.